The molecule has 2 N–H and O–H groups in total. The summed E-state index contributed by atoms with van der Waals surface area (Å²) >= 11 is 0. The predicted molar refractivity (Wildman–Crippen MR) is 69.1 cm³/mol. The van der Waals surface area contributed by atoms with Crippen molar-refractivity contribution in [2.24, 2.45) is 0 Å². The number of amides is 1. The van der Waals surface area contributed by atoms with Crippen molar-refractivity contribution in [2.75, 3.05) is 19.7 Å². The maximum Gasteiger partial charge on any atom is 0.259 e. The van der Waals surface area contributed by atoms with E-state index in [1.807, 2.05) is 6.92 Å². The van der Waals surface area contributed by atoms with Crippen molar-refractivity contribution >= 4 is 5.91 Å². The van der Waals surface area contributed by atoms with Gasteiger partial charge in [-0.05, 0) is 13.8 Å². The highest BCUT2D eigenvalue weighted by molar-refractivity contribution is 5.93. The molecule has 1 aromatic rings. The van der Waals surface area contributed by atoms with Crippen molar-refractivity contribution < 1.29 is 14.6 Å². The van der Waals surface area contributed by atoms with Crippen molar-refractivity contribution in [3.63, 3.8) is 0 Å². The molecule has 1 aliphatic rings. The Hall–Kier alpha value is -1.66. The van der Waals surface area contributed by atoms with Gasteiger partial charge >= 0.3 is 0 Å². The quantitative estimate of drug-likeness (QED) is 0.783. The van der Waals surface area contributed by atoms with Crippen LogP contribution < -0.4 is 5.43 Å². The highest BCUT2D eigenvalue weighted by Gasteiger charge is 2.29. The van der Waals surface area contributed by atoms with Crippen LogP contribution in [0.5, 0.6) is 0 Å². The summed E-state index contributed by atoms with van der Waals surface area (Å²) in [4.78, 5) is 28.5. The highest BCUT2D eigenvalue weighted by Crippen LogP contribution is 2.13. The Morgan fingerprint density at radius 1 is 1.58 bits per heavy atom. The number of rotatable bonds is 2. The number of nitrogens with one attached hydrogen (secondary N) is 1. The van der Waals surface area contributed by atoms with E-state index < -0.39 is 6.10 Å². The molecule has 1 amide bonds. The third kappa shape index (κ3) is 3.02. The zero-order valence-electron chi connectivity index (χ0n) is 11.0. The molecule has 0 saturated carbocycles. The Kier molecular flexibility index (Phi) is 4.01. The van der Waals surface area contributed by atoms with Crippen LogP contribution >= 0.6 is 0 Å². The minimum Gasteiger partial charge on any atom is -0.394 e. The van der Waals surface area contributed by atoms with Crippen LogP contribution in [-0.4, -0.2) is 52.8 Å². The maximum absolute atomic E-state index is 12.3. The van der Waals surface area contributed by atoms with Crippen LogP contribution in [0.1, 0.15) is 23.0 Å². The number of aliphatic hydroxyl groups is 1. The summed E-state index contributed by atoms with van der Waals surface area (Å²) in [7, 11) is 0. The van der Waals surface area contributed by atoms with Crippen molar-refractivity contribution in [3.8, 4) is 0 Å². The Bertz CT molecular complexity index is 526. The molecule has 2 atom stereocenters. The summed E-state index contributed by atoms with van der Waals surface area (Å²) in [6.45, 7) is 4.17. The van der Waals surface area contributed by atoms with E-state index in [-0.39, 0.29) is 29.6 Å². The van der Waals surface area contributed by atoms with E-state index in [9.17, 15) is 9.59 Å². The molecule has 0 bridgehead atoms. The standard InChI is InChI=1S/C13H18N2O4/c1-8-3-12(17)11(4-14-8)13(18)15-5-9(2)19-10(6-15)7-16/h3-4,9-10,16H,5-7H2,1-2H3,(H,14,17). The third-order valence-corrected chi connectivity index (χ3v) is 3.10. The summed E-state index contributed by atoms with van der Waals surface area (Å²) in [5.74, 6) is -0.324. The first-order chi connectivity index (χ1) is 9.01. The maximum atomic E-state index is 12.3. The number of aromatic amines is 1. The van der Waals surface area contributed by atoms with Crippen LogP contribution in [0.4, 0.5) is 0 Å². The van der Waals surface area contributed by atoms with Crippen LogP contribution in [0.2, 0.25) is 0 Å². The van der Waals surface area contributed by atoms with E-state index >= 15 is 0 Å². The lowest BCUT2D eigenvalue weighted by atomic mass is 10.1. The van der Waals surface area contributed by atoms with Crippen molar-refractivity contribution in [3.05, 3.63) is 33.7 Å². The van der Waals surface area contributed by atoms with Crippen molar-refractivity contribution in [2.45, 2.75) is 26.1 Å². The van der Waals surface area contributed by atoms with E-state index in [2.05, 4.69) is 4.98 Å². The molecule has 0 aromatic carbocycles. The van der Waals surface area contributed by atoms with Crippen molar-refractivity contribution in [1.29, 1.82) is 0 Å². The monoisotopic (exact) mass is 266 g/mol. The molecule has 0 spiro atoms. The lowest BCUT2D eigenvalue weighted by Gasteiger charge is -2.35. The number of hydrogen-bond donors (Lipinski definition) is 2. The summed E-state index contributed by atoms with van der Waals surface area (Å²) in [6, 6.07) is 1.40. The number of pyridine rings is 1. The average Bonchev–Trinajstić information content (AvgIpc) is 2.37. The van der Waals surface area contributed by atoms with Crippen LogP contribution in [0.25, 0.3) is 0 Å². The van der Waals surface area contributed by atoms with E-state index in [0.29, 0.717) is 18.8 Å². The number of hydrogen-bond acceptors (Lipinski definition) is 4. The van der Waals surface area contributed by atoms with E-state index in [1.54, 1.807) is 11.8 Å². The van der Waals surface area contributed by atoms with Crippen LogP contribution in [0, 0.1) is 6.92 Å². The molecule has 0 aliphatic carbocycles. The summed E-state index contributed by atoms with van der Waals surface area (Å²) in [5.41, 5.74) is 0.544. The van der Waals surface area contributed by atoms with Gasteiger partial charge in [-0.25, -0.2) is 0 Å². The molecule has 1 saturated heterocycles. The van der Waals surface area contributed by atoms with Crippen LogP contribution in [-0.2, 0) is 4.74 Å². The van der Waals surface area contributed by atoms with Gasteiger partial charge in [-0.2, -0.15) is 0 Å². The van der Waals surface area contributed by atoms with Gasteiger partial charge < -0.3 is 19.7 Å². The van der Waals surface area contributed by atoms with Gasteiger partial charge in [0.25, 0.3) is 5.91 Å². The average molecular weight is 266 g/mol. The SMILES string of the molecule is Cc1cc(=O)c(C(=O)N2CC(C)OC(CO)C2)c[nH]1. The van der Waals surface area contributed by atoms with Gasteiger partial charge in [0.1, 0.15) is 5.56 Å². The zero-order valence-corrected chi connectivity index (χ0v) is 11.0. The number of aryl methyl sites for hydroxylation is 1. The number of aliphatic hydroxyl groups excluding tert-OH is 1. The lowest BCUT2D eigenvalue weighted by molar-refractivity contribution is -0.0858. The smallest absolute Gasteiger partial charge is 0.259 e. The molecular formula is C13H18N2O4. The molecule has 1 aromatic heterocycles. The van der Waals surface area contributed by atoms with Crippen LogP contribution in [0.15, 0.2) is 17.1 Å². The molecule has 2 unspecified atom stereocenters. The minimum atomic E-state index is -0.391. The fourth-order valence-corrected chi connectivity index (χ4v) is 2.22. The number of morpholine rings is 1. The summed E-state index contributed by atoms with van der Waals surface area (Å²) in [5, 5.41) is 9.14. The molecule has 2 heterocycles. The number of carbonyl (C=O) groups is 1. The third-order valence-electron chi connectivity index (χ3n) is 3.10. The second-order valence-electron chi connectivity index (χ2n) is 4.86. The van der Waals surface area contributed by atoms with Gasteiger partial charge in [0.05, 0.1) is 18.8 Å². The lowest BCUT2D eigenvalue weighted by Crippen LogP contribution is -2.51. The minimum absolute atomic E-state index is 0.122. The topological polar surface area (TPSA) is 82.6 Å². The Morgan fingerprint density at radius 3 is 2.95 bits per heavy atom. The summed E-state index contributed by atoms with van der Waals surface area (Å²) in [6.07, 6.45) is 0.894. The second kappa shape index (κ2) is 5.54. The molecule has 1 fully saturated rings. The second-order valence-corrected chi connectivity index (χ2v) is 4.86. The summed E-state index contributed by atoms with van der Waals surface area (Å²) < 4.78 is 5.47. The Morgan fingerprint density at radius 2 is 2.32 bits per heavy atom. The predicted octanol–water partition coefficient (Wildman–Crippen LogP) is -0.0949. The van der Waals surface area contributed by atoms with E-state index in [0.717, 1.165) is 0 Å². The van der Waals surface area contributed by atoms with Crippen LogP contribution in [0.3, 0.4) is 0 Å². The molecule has 0 radical (unpaired) electrons. The first kappa shape index (κ1) is 13.8. The number of ether oxygens (including phenoxy) is 1. The first-order valence-corrected chi connectivity index (χ1v) is 6.26. The number of carbonyl (C=O) groups excluding carboxylic acids is 1. The molecule has 1 aliphatic heterocycles. The largest absolute Gasteiger partial charge is 0.394 e. The number of H-pyrrole nitrogens is 1. The van der Waals surface area contributed by atoms with Gasteiger partial charge in [0.15, 0.2) is 5.43 Å². The fourth-order valence-electron chi connectivity index (χ4n) is 2.22. The molecule has 19 heavy (non-hydrogen) atoms. The highest BCUT2D eigenvalue weighted by atomic mass is 16.5. The number of nitrogens with zero attached hydrogens (tertiary/aromatic N) is 1. The molecule has 6 heteroatoms. The fraction of sp³-hybridized carbons (Fsp3) is 0.538. The molecule has 104 valence electrons. The van der Waals surface area contributed by atoms with Gasteiger partial charge in [0, 0.05) is 31.0 Å². The van der Waals surface area contributed by atoms with E-state index in [1.165, 1.54) is 12.3 Å². The van der Waals surface area contributed by atoms with Gasteiger partial charge in [0.2, 0.25) is 0 Å². The first-order valence-electron chi connectivity index (χ1n) is 6.26. The Balaban J connectivity index is 2.21. The number of aromatic nitrogens is 1. The molecular weight excluding hydrogens is 248 g/mol. The zero-order chi connectivity index (χ0) is 14.0. The van der Waals surface area contributed by atoms with Crippen molar-refractivity contribution in [1.82, 2.24) is 9.88 Å². The molecule has 6 nitrogen and oxygen atoms in total. The normalized spacial score (nSPS) is 23.4. The van der Waals surface area contributed by atoms with Gasteiger partial charge in [-0.3, -0.25) is 9.59 Å². The van der Waals surface area contributed by atoms with E-state index in [4.69, 9.17) is 9.84 Å². The van der Waals surface area contributed by atoms with Gasteiger partial charge in [-0.15, -0.1) is 0 Å². The molecule has 2 rings (SSSR count). The van der Waals surface area contributed by atoms with Gasteiger partial charge in [-0.1, -0.05) is 0 Å². The Labute approximate surface area is 111 Å².